The van der Waals surface area contributed by atoms with Gasteiger partial charge >= 0.3 is 5.97 Å². The first kappa shape index (κ1) is 21.5. The van der Waals surface area contributed by atoms with Crippen LogP contribution in [0.2, 0.25) is 0 Å². The Balaban J connectivity index is 1.95. The lowest BCUT2D eigenvalue weighted by molar-refractivity contribution is -0.141. The second-order valence-corrected chi connectivity index (χ2v) is 7.62. The standard InChI is InChI=1S/C22H34O5/c1-16(2)18(7-8-19-9-11-22(23)27-19)14-17-6-10-20(25-4)21(15-17)26-13-5-12-24-3/h6,10,15-16,18-19H,5,7-9,11-14H2,1-4H3. The van der Waals surface area contributed by atoms with Crippen molar-refractivity contribution in [1.82, 2.24) is 0 Å². The number of rotatable bonds is 12. The van der Waals surface area contributed by atoms with Crippen molar-refractivity contribution in [3.63, 3.8) is 0 Å². The molecule has 2 atom stereocenters. The number of esters is 1. The zero-order valence-corrected chi connectivity index (χ0v) is 17.2. The van der Waals surface area contributed by atoms with Crippen molar-refractivity contribution < 1.29 is 23.7 Å². The summed E-state index contributed by atoms with van der Waals surface area (Å²) in [7, 11) is 3.36. The Bertz CT molecular complexity index is 584. The lowest BCUT2D eigenvalue weighted by Gasteiger charge is -2.23. The van der Waals surface area contributed by atoms with Gasteiger partial charge in [-0.15, -0.1) is 0 Å². The van der Waals surface area contributed by atoms with Crippen LogP contribution in [0.3, 0.4) is 0 Å². The molecule has 1 heterocycles. The van der Waals surface area contributed by atoms with E-state index in [4.69, 9.17) is 18.9 Å². The number of carbonyl (C=O) groups excluding carboxylic acids is 1. The van der Waals surface area contributed by atoms with Gasteiger partial charge in [0.1, 0.15) is 6.10 Å². The van der Waals surface area contributed by atoms with Gasteiger partial charge in [-0.25, -0.2) is 0 Å². The Morgan fingerprint density at radius 3 is 2.63 bits per heavy atom. The molecule has 1 aliphatic heterocycles. The monoisotopic (exact) mass is 378 g/mol. The van der Waals surface area contributed by atoms with Crippen molar-refractivity contribution >= 4 is 5.97 Å². The Labute approximate surface area is 163 Å². The van der Waals surface area contributed by atoms with E-state index < -0.39 is 0 Å². The first-order chi connectivity index (χ1) is 13.0. The maximum atomic E-state index is 11.3. The molecule has 0 amide bonds. The van der Waals surface area contributed by atoms with E-state index in [1.807, 2.05) is 6.07 Å². The fourth-order valence-electron chi connectivity index (χ4n) is 3.51. The molecule has 152 valence electrons. The molecule has 0 saturated carbocycles. The number of hydrogen-bond donors (Lipinski definition) is 0. The summed E-state index contributed by atoms with van der Waals surface area (Å²) in [6.07, 6.45) is 5.38. The smallest absolute Gasteiger partial charge is 0.306 e. The molecule has 1 saturated heterocycles. The third-order valence-corrected chi connectivity index (χ3v) is 5.25. The molecule has 2 rings (SSSR count). The molecule has 2 unspecified atom stereocenters. The third-order valence-electron chi connectivity index (χ3n) is 5.25. The third kappa shape index (κ3) is 7.06. The molecular formula is C22H34O5. The minimum absolute atomic E-state index is 0.0495. The molecule has 1 aromatic carbocycles. The normalized spacial score (nSPS) is 17.8. The Morgan fingerprint density at radius 2 is 2.00 bits per heavy atom. The summed E-state index contributed by atoms with van der Waals surface area (Å²) in [6.45, 7) is 5.81. The zero-order valence-electron chi connectivity index (χ0n) is 17.2. The number of methoxy groups -OCH3 is 2. The van der Waals surface area contributed by atoms with E-state index in [2.05, 4.69) is 26.0 Å². The number of hydrogen-bond acceptors (Lipinski definition) is 5. The Kier molecular flexibility index (Phi) is 8.92. The van der Waals surface area contributed by atoms with Gasteiger partial charge in [0, 0.05) is 26.6 Å². The number of cyclic esters (lactones) is 1. The van der Waals surface area contributed by atoms with E-state index in [1.165, 1.54) is 5.56 Å². The summed E-state index contributed by atoms with van der Waals surface area (Å²) < 4.78 is 21.8. The first-order valence-corrected chi connectivity index (χ1v) is 10.0. The van der Waals surface area contributed by atoms with Crippen molar-refractivity contribution in [2.45, 2.75) is 58.5 Å². The van der Waals surface area contributed by atoms with Crippen LogP contribution in [0.1, 0.15) is 51.5 Å². The highest BCUT2D eigenvalue weighted by molar-refractivity contribution is 5.71. The molecule has 1 aromatic rings. The van der Waals surface area contributed by atoms with Crippen molar-refractivity contribution in [3.8, 4) is 11.5 Å². The van der Waals surface area contributed by atoms with Crippen LogP contribution in [0.5, 0.6) is 11.5 Å². The highest BCUT2D eigenvalue weighted by Gasteiger charge is 2.25. The van der Waals surface area contributed by atoms with Crippen LogP contribution in [0, 0.1) is 11.8 Å². The van der Waals surface area contributed by atoms with Crippen LogP contribution in [0.15, 0.2) is 18.2 Å². The summed E-state index contributed by atoms with van der Waals surface area (Å²) >= 11 is 0. The predicted octanol–water partition coefficient (Wildman–Crippen LogP) is 4.41. The molecule has 1 aliphatic rings. The second-order valence-electron chi connectivity index (χ2n) is 7.62. The molecule has 0 radical (unpaired) electrons. The molecule has 5 nitrogen and oxygen atoms in total. The molecule has 0 spiro atoms. The van der Waals surface area contributed by atoms with Crippen molar-refractivity contribution in [3.05, 3.63) is 23.8 Å². The summed E-state index contributed by atoms with van der Waals surface area (Å²) in [6, 6.07) is 6.19. The molecular weight excluding hydrogens is 344 g/mol. The SMILES string of the molecule is COCCCOc1cc(CC(CCC2CCC(=O)O2)C(C)C)ccc1OC. The molecule has 27 heavy (non-hydrogen) atoms. The maximum Gasteiger partial charge on any atom is 0.306 e. The fourth-order valence-corrected chi connectivity index (χ4v) is 3.51. The van der Waals surface area contributed by atoms with E-state index in [-0.39, 0.29) is 12.1 Å². The van der Waals surface area contributed by atoms with Gasteiger partial charge in [-0.3, -0.25) is 4.79 Å². The van der Waals surface area contributed by atoms with Gasteiger partial charge in [-0.05, 0) is 55.2 Å². The maximum absolute atomic E-state index is 11.3. The zero-order chi connectivity index (χ0) is 19.6. The van der Waals surface area contributed by atoms with Crippen LogP contribution in [0.25, 0.3) is 0 Å². The summed E-state index contributed by atoms with van der Waals surface area (Å²) in [4.78, 5) is 11.3. The van der Waals surface area contributed by atoms with E-state index in [9.17, 15) is 4.79 Å². The average Bonchev–Trinajstić information content (AvgIpc) is 3.07. The number of ether oxygens (including phenoxy) is 4. The minimum atomic E-state index is -0.0495. The lowest BCUT2D eigenvalue weighted by Crippen LogP contribution is -2.16. The highest BCUT2D eigenvalue weighted by Crippen LogP contribution is 2.32. The van der Waals surface area contributed by atoms with Crippen LogP contribution in [-0.4, -0.2) is 39.5 Å². The van der Waals surface area contributed by atoms with Gasteiger partial charge in [-0.1, -0.05) is 19.9 Å². The van der Waals surface area contributed by atoms with E-state index in [1.54, 1.807) is 14.2 Å². The second kappa shape index (κ2) is 11.2. The van der Waals surface area contributed by atoms with E-state index >= 15 is 0 Å². The van der Waals surface area contributed by atoms with Gasteiger partial charge in [0.05, 0.1) is 13.7 Å². The van der Waals surface area contributed by atoms with Crippen LogP contribution < -0.4 is 9.47 Å². The van der Waals surface area contributed by atoms with Crippen LogP contribution >= 0.6 is 0 Å². The van der Waals surface area contributed by atoms with Crippen molar-refractivity contribution in [2.75, 3.05) is 27.4 Å². The Morgan fingerprint density at radius 1 is 1.19 bits per heavy atom. The van der Waals surface area contributed by atoms with Gasteiger partial charge in [0.15, 0.2) is 11.5 Å². The van der Waals surface area contributed by atoms with Crippen molar-refractivity contribution in [2.24, 2.45) is 11.8 Å². The first-order valence-electron chi connectivity index (χ1n) is 10.0. The molecule has 1 fully saturated rings. The largest absolute Gasteiger partial charge is 0.493 e. The van der Waals surface area contributed by atoms with Crippen LogP contribution in [-0.2, 0) is 20.7 Å². The minimum Gasteiger partial charge on any atom is -0.493 e. The number of carbonyl (C=O) groups is 1. The van der Waals surface area contributed by atoms with E-state index in [0.717, 1.165) is 43.6 Å². The van der Waals surface area contributed by atoms with Gasteiger partial charge in [0.2, 0.25) is 0 Å². The summed E-state index contributed by atoms with van der Waals surface area (Å²) in [5, 5.41) is 0. The molecule has 0 aromatic heterocycles. The summed E-state index contributed by atoms with van der Waals surface area (Å²) in [5.41, 5.74) is 1.25. The molecule has 0 N–H and O–H groups in total. The Hall–Kier alpha value is -1.75. The van der Waals surface area contributed by atoms with Crippen molar-refractivity contribution in [1.29, 1.82) is 0 Å². The molecule has 0 bridgehead atoms. The topological polar surface area (TPSA) is 54.0 Å². The predicted molar refractivity (Wildman–Crippen MR) is 105 cm³/mol. The fraction of sp³-hybridized carbons (Fsp3) is 0.682. The molecule has 5 heteroatoms. The molecule has 0 aliphatic carbocycles. The van der Waals surface area contributed by atoms with Crippen LogP contribution in [0.4, 0.5) is 0 Å². The lowest BCUT2D eigenvalue weighted by atomic mass is 9.84. The quantitative estimate of drug-likeness (QED) is 0.398. The average molecular weight is 379 g/mol. The highest BCUT2D eigenvalue weighted by atomic mass is 16.5. The van der Waals surface area contributed by atoms with Gasteiger partial charge in [-0.2, -0.15) is 0 Å². The van der Waals surface area contributed by atoms with E-state index in [0.29, 0.717) is 31.5 Å². The van der Waals surface area contributed by atoms with Gasteiger partial charge < -0.3 is 18.9 Å². The summed E-state index contributed by atoms with van der Waals surface area (Å²) in [5.74, 6) is 2.61. The number of benzene rings is 1. The van der Waals surface area contributed by atoms with Gasteiger partial charge in [0.25, 0.3) is 0 Å².